The van der Waals surface area contributed by atoms with Crippen LogP contribution in [0.25, 0.3) is 20.8 Å². The van der Waals surface area contributed by atoms with Crippen LogP contribution in [0.5, 0.6) is 0 Å². The van der Waals surface area contributed by atoms with Crippen LogP contribution in [0.2, 0.25) is 0 Å². The van der Waals surface area contributed by atoms with E-state index < -0.39 is 18.9 Å². The molecule has 4 nitrogen and oxygen atoms in total. The third-order valence-corrected chi connectivity index (χ3v) is 6.59. The van der Waals surface area contributed by atoms with E-state index in [9.17, 15) is 18.3 Å². The summed E-state index contributed by atoms with van der Waals surface area (Å²) in [5.74, 6) is 0. The van der Waals surface area contributed by atoms with E-state index in [4.69, 9.17) is 4.98 Å². The largest absolute Gasteiger partial charge is 0.401 e. The highest BCUT2D eigenvalue weighted by Crippen LogP contribution is 2.46. The van der Waals surface area contributed by atoms with Crippen LogP contribution < -0.4 is 5.32 Å². The first-order chi connectivity index (χ1) is 12.8. The van der Waals surface area contributed by atoms with Gasteiger partial charge in [0.15, 0.2) is 0 Å². The van der Waals surface area contributed by atoms with Crippen molar-refractivity contribution in [3.05, 3.63) is 34.7 Å². The van der Waals surface area contributed by atoms with E-state index in [-0.39, 0.29) is 6.54 Å². The molecule has 0 bridgehead atoms. The van der Waals surface area contributed by atoms with Gasteiger partial charge in [0.05, 0.1) is 16.8 Å². The first-order valence-electron chi connectivity index (χ1n) is 8.54. The SMILES string of the molecule is CC(O)Nc1sc2c(c1-c1nc3ccccc3s1)CCN(CC(F)(F)F)C2. The Labute approximate surface area is 162 Å². The molecule has 1 aromatic carbocycles. The van der Waals surface area contributed by atoms with Gasteiger partial charge in [-0.1, -0.05) is 12.1 Å². The van der Waals surface area contributed by atoms with Gasteiger partial charge >= 0.3 is 6.18 Å². The number of nitrogens with zero attached hydrogens (tertiary/aromatic N) is 2. The Morgan fingerprint density at radius 2 is 2.07 bits per heavy atom. The van der Waals surface area contributed by atoms with Gasteiger partial charge in [-0.2, -0.15) is 13.2 Å². The van der Waals surface area contributed by atoms with E-state index >= 15 is 0 Å². The third kappa shape index (κ3) is 3.96. The van der Waals surface area contributed by atoms with Gasteiger partial charge in [-0.3, -0.25) is 4.90 Å². The van der Waals surface area contributed by atoms with Crippen LogP contribution in [0.4, 0.5) is 18.2 Å². The fourth-order valence-electron chi connectivity index (χ4n) is 3.34. The van der Waals surface area contributed by atoms with Crippen LogP contribution >= 0.6 is 22.7 Å². The van der Waals surface area contributed by atoms with Gasteiger partial charge in [0.25, 0.3) is 0 Å². The first-order valence-corrected chi connectivity index (χ1v) is 10.2. The fraction of sp³-hybridized carbons (Fsp3) is 0.389. The summed E-state index contributed by atoms with van der Waals surface area (Å²) in [5, 5.41) is 14.4. The fourth-order valence-corrected chi connectivity index (χ4v) is 5.82. The van der Waals surface area contributed by atoms with Gasteiger partial charge in [0.1, 0.15) is 16.2 Å². The summed E-state index contributed by atoms with van der Waals surface area (Å²) >= 11 is 2.97. The number of hydrogen-bond donors (Lipinski definition) is 2. The third-order valence-electron chi connectivity index (χ3n) is 4.39. The summed E-state index contributed by atoms with van der Waals surface area (Å²) in [6, 6.07) is 7.83. The average molecular weight is 413 g/mol. The van der Waals surface area contributed by atoms with E-state index in [1.807, 2.05) is 24.3 Å². The average Bonchev–Trinajstić information content (AvgIpc) is 3.12. The topological polar surface area (TPSA) is 48.4 Å². The highest BCUT2D eigenvalue weighted by atomic mass is 32.1. The minimum atomic E-state index is -4.20. The lowest BCUT2D eigenvalue weighted by Gasteiger charge is -2.27. The van der Waals surface area contributed by atoms with E-state index in [0.29, 0.717) is 13.0 Å². The van der Waals surface area contributed by atoms with Gasteiger partial charge < -0.3 is 10.4 Å². The van der Waals surface area contributed by atoms with Crippen molar-refractivity contribution in [2.45, 2.75) is 32.3 Å². The summed E-state index contributed by atoms with van der Waals surface area (Å²) in [6.07, 6.45) is -4.43. The maximum Gasteiger partial charge on any atom is 0.401 e. The molecule has 1 aliphatic heterocycles. The number of halogens is 3. The molecular weight excluding hydrogens is 395 g/mol. The molecule has 1 aliphatic rings. The van der Waals surface area contributed by atoms with Crippen molar-refractivity contribution in [1.29, 1.82) is 0 Å². The smallest absolute Gasteiger partial charge is 0.374 e. The zero-order valence-corrected chi connectivity index (χ0v) is 16.1. The molecule has 0 spiro atoms. The molecule has 1 unspecified atom stereocenters. The van der Waals surface area contributed by atoms with Crippen molar-refractivity contribution in [2.24, 2.45) is 0 Å². The Bertz CT molecular complexity index is 932. The lowest BCUT2D eigenvalue weighted by molar-refractivity contribution is -0.147. The quantitative estimate of drug-likeness (QED) is 0.609. The minimum absolute atomic E-state index is 0.263. The molecule has 3 aromatic rings. The molecule has 144 valence electrons. The number of para-hydroxylation sites is 1. The molecule has 0 saturated carbocycles. The summed E-state index contributed by atoms with van der Waals surface area (Å²) in [6.45, 7) is 1.34. The van der Waals surface area contributed by atoms with Crippen molar-refractivity contribution in [3.63, 3.8) is 0 Å². The van der Waals surface area contributed by atoms with Crippen LogP contribution in [-0.4, -0.2) is 40.5 Å². The number of rotatable bonds is 4. The molecule has 0 aliphatic carbocycles. The molecule has 0 radical (unpaired) electrons. The molecule has 27 heavy (non-hydrogen) atoms. The molecule has 3 heterocycles. The molecule has 0 saturated heterocycles. The maximum absolute atomic E-state index is 12.8. The number of fused-ring (bicyclic) bond motifs is 2. The predicted molar refractivity (Wildman–Crippen MR) is 103 cm³/mol. The van der Waals surface area contributed by atoms with Gasteiger partial charge in [0.2, 0.25) is 0 Å². The monoisotopic (exact) mass is 413 g/mol. The number of benzene rings is 1. The van der Waals surface area contributed by atoms with Crippen molar-refractivity contribution in [2.75, 3.05) is 18.4 Å². The molecule has 4 rings (SSSR count). The number of hydrogen-bond acceptors (Lipinski definition) is 6. The Hall–Kier alpha value is -1.68. The Morgan fingerprint density at radius 3 is 2.78 bits per heavy atom. The molecule has 2 N–H and O–H groups in total. The maximum atomic E-state index is 12.8. The van der Waals surface area contributed by atoms with Crippen LogP contribution in [0.3, 0.4) is 0 Å². The molecule has 1 atom stereocenters. The number of aromatic nitrogens is 1. The highest BCUT2D eigenvalue weighted by Gasteiger charge is 2.34. The molecular formula is C18H18F3N3OS2. The van der Waals surface area contributed by atoms with E-state index in [1.54, 1.807) is 18.3 Å². The second-order valence-electron chi connectivity index (χ2n) is 6.59. The minimum Gasteiger partial charge on any atom is -0.374 e. The highest BCUT2D eigenvalue weighted by molar-refractivity contribution is 7.22. The molecule has 9 heteroatoms. The van der Waals surface area contributed by atoms with Gasteiger partial charge in [-0.25, -0.2) is 4.98 Å². The second-order valence-corrected chi connectivity index (χ2v) is 8.73. The lowest BCUT2D eigenvalue weighted by atomic mass is 10.0. The Morgan fingerprint density at radius 1 is 1.30 bits per heavy atom. The van der Waals surface area contributed by atoms with Crippen molar-refractivity contribution in [1.82, 2.24) is 9.88 Å². The van der Waals surface area contributed by atoms with Gasteiger partial charge in [-0.15, -0.1) is 22.7 Å². The van der Waals surface area contributed by atoms with Gasteiger partial charge in [-0.05, 0) is 31.0 Å². The van der Waals surface area contributed by atoms with Crippen molar-refractivity contribution >= 4 is 37.9 Å². The number of aliphatic hydroxyl groups excluding tert-OH is 1. The molecule has 0 fully saturated rings. The lowest BCUT2D eigenvalue weighted by Crippen LogP contribution is -2.37. The van der Waals surface area contributed by atoms with Gasteiger partial charge in [0, 0.05) is 23.5 Å². The standard InChI is InChI=1S/C18H18F3N3OS2/c1-10(25)22-16-15(17-23-12-4-2-3-5-13(12)26-17)11-6-7-24(8-14(11)27-16)9-18(19,20)21/h2-5,10,22,25H,6-9H2,1H3. The number of thiazole rings is 1. The van der Waals surface area contributed by atoms with Crippen LogP contribution in [-0.2, 0) is 13.0 Å². The first kappa shape index (κ1) is 18.7. The van der Waals surface area contributed by atoms with Crippen LogP contribution in [0.15, 0.2) is 24.3 Å². The molecule has 0 amide bonds. The Kier molecular flexibility index (Phi) is 4.87. The normalized spacial score (nSPS) is 16.5. The predicted octanol–water partition coefficient (Wildman–Crippen LogP) is 4.70. The summed E-state index contributed by atoms with van der Waals surface area (Å²) < 4.78 is 39.4. The van der Waals surface area contributed by atoms with E-state index in [1.165, 1.54) is 16.2 Å². The zero-order chi connectivity index (χ0) is 19.2. The number of thiophene rings is 1. The van der Waals surface area contributed by atoms with Crippen LogP contribution in [0.1, 0.15) is 17.4 Å². The Balaban J connectivity index is 1.75. The van der Waals surface area contributed by atoms with Crippen molar-refractivity contribution < 1.29 is 18.3 Å². The zero-order valence-electron chi connectivity index (χ0n) is 14.5. The van der Waals surface area contributed by atoms with E-state index in [0.717, 1.165) is 36.2 Å². The van der Waals surface area contributed by atoms with E-state index in [2.05, 4.69) is 5.32 Å². The van der Waals surface area contributed by atoms with Crippen LogP contribution in [0, 0.1) is 0 Å². The summed E-state index contributed by atoms with van der Waals surface area (Å²) in [4.78, 5) is 7.05. The summed E-state index contributed by atoms with van der Waals surface area (Å²) in [5.41, 5.74) is 2.86. The van der Waals surface area contributed by atoms with Crippen molar-refractivity contribution in [3.8, 4) is 10.6 Å². The second kappa shape index (κ2) is 7.05. The number of nitrogens with one attached hydrogen (secondary N) is 1. The summed E-state index contributed by atoms with van der Waals surface area (Å²) in [7, 11) is 0. The molecule has 2 aromatic heterocycles. The number of aliphatic hydroxyl groups is 1. The number of anilines is 1. The number of alkyl halides is 3.